The van der Waals surface area contributed by atoms with Gasteiger partial charge >= 0.3 is 6.03 Å². The molecule has 18 heavy (non-hydrogen) atoms. The molecule has 2 amide bonds. The molecule has 0 aromatic heterocycles. The van der Waals surface area contributed by atoms with E-state index in [9.17, 15) is 4.79 Å². The van der Waals surface area contributed by atoms with Gasteiger partial charge in [0.05, 0.1) is 0 Å². The van der Waals surface area contributed by atoms with Gasteiger partial charge in [-0.05, 0) is 50.0 Å². The van der Waals surface area contributed by atoms with Crippen LogP contribution in [-0.4, -0.2) is 30.1 Å². The largest absolute Gasteiger partial charge is 0.322 e. The number of nitrogens with zero attached hydrogens (tertiary/aromatic N) is 1. The molecule has 2 aliphatic heterocycles. The van der Waals surface area contributed by atoms with Gasteiger partial charge in [-0.1, -0.05) is 12.1 Å². The number of hydrogen-bond donors (Lipinski definition) is 2. The monoisotopic (exact) mass is 245 g/mol. The highest BCUT2D eigenvalue weighted by Gasteiger charge is 2.29. The summed E-state index contributed by atoms with van der Waals surface area (Å²) in [7, 11) is 0. The lowest BCUT2D eigenvalue weighted by atomic mass is 10.0. The Morgan fingerprint density at radius 3 is 2.83 bits per heavy atom. The van der Waals surface area contributed by atoms with Crippen molar-refractivity contribution in [2.45, 2.75) is 32.4 Å². The van der Waals surface area contributed by atoms with Crippen LogP contribution in [0.2, 0.25) is 0 Å². The molecule has 4 nitrogen and oxygen atoms in total. The van der Waals surface area contributed by atoms with Crippen molar-refractivity contribution < 1.29 is 4.79 Å². The summed E-state index contributed by atoms with van der Waals surface area (Å²) in [6.45, 7) is 4.81. The summed E-state index contributed by atoms with van der Waals surface area (Å²) < 4.78 is 0. The average Bonchev–Trinajstić information content (AvgIpc) is 2.39. The third-order valence-electron chi connectivity index (χ3n) is 3.86. The predicted octanol–water partition coefficient (Wildman–Crippen LogP) is 2.09. The van der Waals surface area contributed by atoms with Gasteiger partial charge in [-0.25, -0.2) is 4.79 Å². The highest BCUT2D eigenvalue weighted by molar-refractivity contribution is 5.92. The van der Waals surface area contributed by atoms with Crippen LogP contribution in [0.4, 0.5) is 10.5 Å². The number of fused-ring (bicyclic) bond motifs is 1. The number of hydrogen-bond acceptors (Lipinski definition) is 2. The molecule has 0 atom stereocenters. The zero-order chi connectivity index (χ0) is 12.5. The van der Waals surface area contributed by atoms with Crippen LogP contribution >= 0.6 is 0 Å². The van der Waals surface area contributed by atoms with Gasteiger partial charge in [-0.15, -0.1) is 0 Å². The van der Waals surface area contributed by atoms with Crippen LogP contribution in [0.5, 0.6) is 0 Å². The minimum absolute atomic E-state index is 0.0556. The number of nitrogens with one attached hydrogen (secondary N) is 2. The van der Waals surface area contributed by atoms with Crippen LogP contribution in [0.3, 0.4) is 0 Å². The number of carbonyl (C=O) groups excluding carboxylic acids is 1. The lowest BCUT2D eigenvalue weighted by Crippen LogP contribution is -2.49. The number of aryl methyl sites for hydroxylation is 1. The highest BCUT2D eigenvalue weighted by Crippen LogP contribution is 2.27. The molecular weight excluding hydrogens is 226 g/mol. The van der Waals surface area contributed by atoms with Gasteiger partial charge < -0.3 is 15.5 Å². The molecule has 1 aromatic carbocycles. The maximum Gasteiger partial charge on any atom is 0.322 e. The first-order valence-corrected chi connectivity index (χ1v) is 6.62. The number of carbonyl (C=O) groups is 1. The number of rotatable bonds is 1. The Labute approximate surface area is 107 Å². The third kappa shape index (κ3) is 2.08. The van der Waals surface area contributed by atoms with E-state index in [0.717, 1.165) is 38.2 Å². The molecule has 0 bridgehead atoms. The van der Waals surface area contributed by atoms with Gasteiger partial charge in [-0.3, -0.25) is 0 Å². The summed E-state index contributed by atoms with van der Waals surface area (Å²) in [6, 6.07) is 6.71. The van der Waals surface area contributed by atoms with Gasteiger partial charge in [0, 0.05) is 18.3 Å². The zero-order valence-corrected chi connectivity index (χ0v) is 10.7. The summed E-state index contributed by atoms with van der Waals surface area (Å²) in [5.74, 6) is 0. The van der Waals surface area contributed by atoms with Crippen LogP contribution in [0.15, 0.2) is 18.2 Å². The van der Waals surface area contributed by atoms with E-state index in [2.05, 4.69) is 22.8 Å². The number of anilines is 1. The molecule has 1 fully saturated rings. The number of amides is 2. The number of benzene rings is 1. The van der Waals surface area contributed by atoms with Crippen molar-refractivity contribution in [3.05, 3.63) is 29.3 Å². The second-order valence-electron chi connectivity index (χ2n) is 5.20. The molecule has 4 heteroatoms. The van der Waals surface area contributed by atoms with Gasteiger partial charge in [0.25, 0.3) is 0 Å². The molecule has 0 saturated carbocycles. The average molecular weight is 245 g/mol. The maximum absolute atomic E-state index is 12.2. The quantitative estimate of drug-likeness (QED) is 0.795. The Kier molecular flexibility index (Phi) is 2.96. The van der Waals surface area contributed by atoms with Crippen LogP contribution in [-0.2, 0) is 6.54 Å². The number of piperidine rings is 1. The summed E-state index contributed by atoms with van der Waals surface area (Å²) in [4.78, 5) is 14.1. The molecule has 2 N–H and O–H groups in total. The molecule has 1 saturated heterocycles. The van der Waals surface area contributed by atoms with Crippen LogP contribution in [0.25, 0.3) is 0 Å². The molecule has 0 unspecified atom stereocenters. The maximum atomic E-state index is 12.2. The van der Waals surface area contributed by atoms with E-state index in [1.54, 1.807) is 0 Å². The molecule has 0 radical (unpaired) electrons. The Hall–Kier alpha value is -1.55. The molecule has 1 aromatic rings. The predicted molar refractivity (Wildman–Crippen MR) is 71.6 cm³/mol. The van der Waals surface area contributed by atoms with E-state index < -0.39 is 0 Å². The molecule has 0 spiro atoms. The fraction of sp³-hybridized carbons (Fsp3) is 0.500. The molecule has 2 heterocycles. The second-order valence-corrected chi connectivity index (χ2v) is 5.20. The van der Waals surface area contributed by atoms with Crippen molar-refractivity contribution in [1.82, 2.24) is 10.2 Å². The summed E-state index contributed by atoms with van der Waals surface area (Å²) in [6.07, 6.45) is 2.10. The Morgan fingerprint density at radius 1 is 1.28 bits per heavy atom. The van der Waals surface area contributed by atoms with E-state index in [0.29, 0.717) is 6.04 Å². The van der Waals surface area contributed by atoms with E-state index in [1.165, 1.54) is 11.1 Å². The van der Waals surface area contributed by atoms with E-state index in [4.69, 9.17) is 0 Å². The van der Waals surface area contributed by atoms with E-state index in [-0.39, 0.29) is 6.03 Å². The summed E-state index contributed by atoms with van der Waals surface area (Å²) in [5.41, 5.74) is 3.38. The van der Waals surface area contributed by atoms with Gasteiger partial charge in [0.1, 0.15) is 0 Å². The standard InChI is InChI=1S/C14H19N3O/c1-10-2-3-11-9-17(12-4-6-15-7-5-12)14(18)16-13(11)8-10/h2-3,8,12,15H,4-7,9H2,1H3,(H,16,18). The first kappa shape index (κ1) is 11.5. The lowest BCUT2D eigenvalue weighted by molar-refractivity contribution is 0.163. The van der Waals surface area contributed by atoms with Crippen molar-refractivity contribution in [2.75, 3.05) is 18.4 Å². The van der Waals surface area contributed by atoms with Crippen molar-refractivity contribution in [3.63, 3.8) is 0 Å². The second kappa shape index (κ2) is 4.61. The Morgan fingerprint density at radius 2 is 2.06 bits per heavy atom. The van der Waals surface area contributed by atoms with E-state index in [1.807, 2.05) is 17.9 Å². The minimum Gasteiger partial charge on any atom is -0.317 e. The van der Waals surface area contributed by atoms with Crippen LogP contribution < -0.4 is 10.6 Å². The first-order chi connectivity index (χ1) is 8.74. The molecule has 96 valence electrons. The topological polar surface area (TPSA) is 44.4 Å². The highest BCUT2D eigenvalue weighted by atomic mass is 16.2. The van der Waals surface area contributed by atoms with Crippen LogP contribution in [0.1, 0.15) is 24.0 Å². The fourth-order valence-electron chi connectivity index (χ4n) is 2.80. The fourth-order valence-corrected chi connectivity index (χ4v) is 2.80. The molecule has 0 aliphatic carbocycles. The van der Waals surface area contributed by atoms with Crippen LogP contribution in [0, 0.1) is 6.92 Å². The third-order valence-corrected chi connectivity index (χ3v) is 3.86. The Balaban J connectivity index is 1.82. The lowest BCUT2D eigenvalue weighted by Gasteiger charge is -2.38. The smallest absolute Gasteiger partial charge is 0.317 e. The zero-order valence-electron chi connectivity index (χ0n) is 10.7. The first-order valence-electron chi connectivity index (χ1n) is 6.62. The number of urea groups is 1. The normalized spacial score (nSPS) is 20.5. The van der Waals surface area contributed by atoms with Crippen molar-refractivity contribution in [3.8, 4) is 0 Å². The summed E-state index contributed by atoms with van der Waals surface area (Å²) >= 11 is 0. The van der Waals surface area contributed by atoms with Crippen molar-refractivity contribution >= 4 is 11.7 Å². The molecule has 2 aliphatic rings. The van der Waals surface area contributed by atoms with E-state index >= 15 is 0 Å². The van der Waals surface area contributed by atoms with Gasteiger partial charge in [0.2, 0.25) is 0 Å². The molecular formula is C14H19N3O. The SMILES string of the molecule is Cc1ccc2c(c1)NC(=O)N(C1CCNCC1)C2. The van der Waals surface area contributed by atoms with Crippen molar-refractivity contribution in [1.29, 1.82) is 0 Å². The Bertz CT molecular complexity index is 466. The molecule has 3 rings (SSSR count). The van der Waals surface area contributed by atoms with Gasteiger partial charge in [-0.2, -0.15) is 0 Å². The van der Waals surface area contributed by atoms with Gasteiger partial charge in [0.15, 0.2) is 0 Å². The van der Waals surface area contributed by atoms with Crippen molar-refractivity contribution in [2.24, 2.45) is 0 Å². The minimum atomic E-state index is 0.0556. The summed E-state index contributed by atoms with van der Waals surface area (Å²) in [5, 5.41) is 6.35.